The fourth-order valence-electron chi connectivity index (χ4n) is 4.03. The van der Waals surface area contributed by atoms with Crippen molar-refractivity contribution >= 4 is 11.3 Å². The van der Waals surface area contributed by atoms with Crippen LogP contribution in [0.3, 0.4) is 0 Å². The summed E-state index contributed by atoms with van der Waals surface area (Å²) in [4.78, 5) is 8.79. The summed E-state index contributed by atoms with van der Waals surface area (Å²) in [6.45, 7) is 11.3. The number of nitrogens with one attached hydrogen (secondary N) is 1. The van der Waals surface area contributed by atoms with E-state index >= 15 is 0 Å². The fraction of sp³-hybridized carbons (Fsp3) is 0.812. The van der Waals surface area contributed by atoms with Crippen molar-refractivity contribution in [2.75, 3.05) is 13.1 Å². The summed E-state index contributed by atoms with van der Waals surface area (Å²) < 4.78 is 0. The molecule has 1 aliphatic carbocycles. The van der Waals surface area contributed by atoms with Gasteiger partial charge in [-0.2, -0.15) is 0 Å². The Balaban J connectivity index is 1.81. The first-order valence-corrected chi connectivity index (χ1v) is 8.77. The first-order chi connectivity index (χ1) is 9.51. The Hall–Kier alpha value is -0.450. The zero-order valence-corrected chi connectivity index (χ0v) is 14.0. The highest BCUT2D eigenvalue weighted by Gasteiger charge is 2.41. The molecule has 1 aromatic rings. The van der Waals surface area contributed by atoms with E-state index in [2.05, 4.69) is 42.9 Å². The molecule has 1 saturated carbocycles. The van der Waals surface area contributed by atoms with Crippen molar-refractivity contribution in [2.45, 2.75) is 71.0 Å². The summed E-state index contributed by atoms with van der Waals surface area (Å²) in [5.74, 6) is 0. The van der Waals surface area contributed by atoms with E-state index in [9.17, 15) is 0 Å². The Kier molecular flexibility index (Phi) is 3.91. The number of thiazole rings is 1. The van der Waals surface area contributed by atoms with Crippen LogP contribution < -0.4 is 5.32 Å². The molecule has 0 aromatic carbocycles. The third-order valence-corrected chi connectivity index (χ3v) is 6.44. The molecule has 2 atom stereocenters. The van der Waals surface area contributed by atoms with Gasteiger partial charge in [-0.25, -0.2) is 4.98 Å². The Labute approximate surface area is 126 Å². The summed E-state index contributed by atoms with van der Waals surface area (Å²) in [5, 5.41) is 5.04. The molecule has 3 rings (SSSR count). The first-order valence-electron chi connectivity index (χ1n) is 7.95. The molecular formula is C16H27N3S. The molecule has 1 aliphatic heterocycles. The van der Waals surface area contributed by atoms with Gasteiger partial charge in [0, 0.05) is 35.6 Å². The Bertz CT molecular complexity index is 476. The van der Waals surface area contributed by atoms with Crippen LogP contribution in [0.25, 0.3) is 0 Å². The smallest absolute Gasteiger partial charge is 0.0900 e. The number of hydrogen-bond donors (Lipinski definition) is 1. The molecule has 2 fully saturated rings. The molecule has 112 valence electrons. The minimum absolute atomic E-state index is 0.397. The SMILES string of the molecule is Cc1nc(C)c(C(C)N2CC3(CCCC3)NCC2C)s1. The lowest BCUT2D eigenvalue weighted by atomic mass is 9.91. The van der Waals surface area contributed by atoms with E-state index in [1.165, 1.54) is 47.8 Å². The highest BCUT2D eigenvalue weighted by atomic mass is 32.1. The van der Waals surface area contributed by atoms with Gasteiger partial charge >= 0.3 is 0 Å². The molecule has 2 aliphatic rings. The van der Waals surface area contributed by atoms with Crippen LogP contribution in [0.2, 0.25) is 0 Å². The van der Waals surface area contributed by atoms with Gasteiger partial charge < -0.3 is 5.32 Å². The molecule has 1 spiro atoms. The minimum Gasteiger partial charge on any atom is -0.308 e. The maximum absolute atomic E-state index is 4.62. The summed E-state index contributed by atoms with van der Waals surface area (Å²) >= 11 is 1.88. The Morgan fingerprint density at radius 1 is 1.35 bits per heavy atom. The number of piperazine rings is 1. The van der Waals surface area contributed by atoms with E-state index in [1.54, 1.807) is 0 Å². The third kappa shape index (κ3) is 2.53. The van der Waals surface area contributed by atoms with Crippen molar-refractivity contribution in [1.29, 1.82) is 0 Å². The van der Waals surface area contributed by atoms with Gasteiger partial charge in [-0.1, -0.05) is 12.8 Å². The van der Waals surface area contributed by atoms with Gasteiger partial charge in [0.1, 0.15) is 0 Å². The van der Waals surface area contributed by atoms with E-state index < -0.39 is 0 Å². The normalized spacial score (nSPS) is 28.1. The quantitative estimate of drug-likeness (QED) is 0.905. The van der Waals surface area contributed by atoms with Crippen molar-refractivity contribution in [1.82, 2.24) is 15.2 Å². The molecule has 1 saturated heterocycles. The number of nitrogens with zero attached hydrogens (tertiary/aromatic N) is 2. The van der Waals surface area contributed by atoms with E-state index in [4.69, 9.17) is 0 Å². The Morgan fingerprint density at radius 2 is 2.05 bits per heavy atom. The summed E-state index contributed by atoms with van der Waals surface area (Å²) in [6, 6.07) is 1.11. The van der Waals surface area contributed by atoms with Crippen LogP contribution in [0.1, 0.15) is 61.2 Å². The number of aryl methyl sites for hydroxylation is 2. The van der Waals surface area contributed by atoms with Crippen LogP contribution in [0.5, 0.6) is 0 Å². The second-order valence-electron chi connectivity index (χ2n) is 6.75. The van der Waals surface area contributed by atoms with Gasteiger partial charge in [-0.15, -0.1) is 11.3 Å². The molecule has 4 heteroatoms. The van der Waals surface area contributed by atoms with Crippen molar-refractivity contribution in [2.24, 2.45) is 0 Å². The van der Waals surface area contributed by atoms with E-state index in [-0.39, 0.29) is 0 Å². The molecule has 20 heavy (non-hydrogen) atoms. The van der Waals surface area contributed by atoms with Gasteiger partial charge in [-0.3, -0.25) is 4.90 Å². The lowest BCUT2D eigenvalue weighted by molar-refractivity contribution is 0.0573. The molecule has 0 radical (unpaired) electrons. The van der Waals surface area contributed by atoms with Crippen LogP contribution in [0.15, 0.2) is 0 Å². The fourth-order valence-corrected chi connectivity index (χ4v) is 5.03. The molecule has 0 amide bonds. The topological polar surface area (TPSA) is 28.2 Å². The predicted molar refractivity (Wildman–Crippen MR) is 85.4 cm³/mol. The van der Waals surface area contributed by atoms with Gasteiger partial charge in [-0.05, 0) is 40.5 Å². The van der Waals surface area contributed by atoms with E-state index in [0.29, 0.717) is 17.6 Å². The Morgan fingerprint density at radius 3 is 2.65 bits per heavy atom. The van der Waals surface area contributed by atoms with Crippen LogP contribution in [0.4, 0.5) is 0 Å². The lowest BCUT2D eigenvalue weighted by Crippen LogP contribution is -2.62. The third-order valence-electron chi connectivity index (χ3n) is 5.20. The van der Waals surface area contributed by atoms with Crippen LogP contribution in [-0.4, -0.2) is 34.6 Å². The second kappa shape index (κ2) is 5.39. The van der Waals surface area contributed by atoms with Gasteiger partial charge in [0.05, 0.1) is 10.7 Å². The van der Waals surface area contributed by atoms with Crippen molar-refractivity contribution in [3.63, 3.8) is 0 Å². The first kappa shape index (κ1) is 14.5. The molecule has 2 heterocycles. The summed E-state index contributed by atoms with van der Waals surface area (Å²) in [5.41, 5.74) is 1.63. The molecule has 1 aromatic heterocycles. The van der Waals surface area contributed by atoms with Crippen molar-refractivity contribution < 1.29 is 0 Å². The minimum atomic E-state index is 0.397. The van der Waals surface area contributed by atoms with Gasteiger partial charge in [0.25, 0.3) is 0 Å². The van der Waals surface area contributed by atoms with Crippen LogP contribution in [-0.2, 0) is 0 Å². The average Bonchev–Trinajstić information content (AvgIpc) is 2.99. The van der Waals surface area contributed by atoms with Crippen molar-refractivity contribution in [3.05, 3.63) is 15.6 Å². The van der Waals surface area contributed by atoms with Crippen LogP contribution in [0, 0.1) is 13.8 Å². The van der Waals surface area contributed by atoms with Crippen molar-refractivity contribution in [3.8, 4) is 0 Å². The number of aromatic nitrogens is 1. The van der Waals surface area contributed by atoms with E-state index in [0.717, 1.165) is 6.54 Å². The zero-order chi connectivity index (χ0) is 14.3. The van der Waals surface area contributed by atoms with Gasteiger partial charge in [0.15, 0.2) is 0 Å². The zero-order valence-electron chi connectivity index (χ0n) is 13.2. The standard InChI is InChI=1S/C16H27N3S/c1-11-9-17-16(7-5-6-8-16)10-19(11)13(3)15-12(2)18-14(4)20-15/h11,13,17H,5-10H2,1-4H3. The molecule has 0 bridgehead atoms. The predicted octanol–water partition coefficient (Wildman–Crippen LogP) is 3.43. The number of hydrogen-bond acceptors (Lipinski definition) is 4. The molecular weight excluding hydrogens is 266 g/mol. The highest BCUT2D eigenvalue weighted by molar-refractivity contribution is 7.11. The average molecular weight is 293 g/mol. The summed E-state index contributed by atoms with van der Waals surface area (Å²) in [7, 11) is 0. The monoisotopic (exact) mass is 293 g/mol. The largest absolute Gasteiger partial charge is 0.308 e. The molecule has 3 nitrogen and oxygen atoms in total. The maximum Gasteiger partial charge on any atom is 0.0900 e. The van der Waals surface area contributed by atoms with Gasteiger partial charge in [0.2, 0.25) is 0 Å². The molecule has 1 N–H and O–H groups in total. The number of rotatable bonds is 2. The van der Waals surface area contributed by atoms with E-state index in [1.807, 2.05) is 11.3 Å². The second-order valence-corrected chi connectivity index (χ2v) is 7.98. The summed E-state index contributed by atoms with van der Waals surface area (Å²) in [6.07, 6.45) is 5.48. The lowest BCUT2D eigenvalue weighted by Gasteiger charge is -2.47. The molecule has 2 unspecified atom stereocenters. The maximum atomic E-state index is 4.62. The van der Waals surface area contributed by atoms with Crippen LogP contribution >= 0.6 is 11.3 Å². The highest BCUT2D eigenvalue weighted by Crippen LogP contribution is 2.38.